The first-order valence-electron chi connectivity index (χ1n) is 10.4. The first kappa shape index (κ1) is 20.8. The van der Waals surface area contributed by atoms with Crippen molar-refractivity contribution in [3.8, 4) is 17.0 Å². The molecular formula is C24H26FN5O. The minimum atomic E-state index is -0.254. The maximum Gasteiger partial charge on any atom is 0.154 e. The molecule has 0 spiro atoms. The Bertz CT molecular complexity index is 1160. The molecule has 0 aliphatic carbocycles. The lowest BCUT2D eigenvalue weighted by atomic mass is 10.1. The summed E-state index contributed by atoms with van der Waals surface area (Å²) >= 11 is 0. The second kappa shape index (κ2) is 9.14. The quantitative estimate of drug-likeness (QED) is 0.428. The third-order valence-electron chi connectivity index (χ3n) is 5.21. The summed E-state index contributed by atoms with van der Waals surface area (Å²) < 4.78 is 21.1. The van der Waals surface area contributed by atoms with E-state index in [2.05, 4.69) is 10.3 Å². The number of nitrogens with one attached hydrogen (secondary N) is 1. The van der Waals surface area contributed by atoms with E-state index in [-0.39, 0.29) is 17.9 Å². The highest BCUT2D eigenvalue weighted by Gasteiger charge is 2.11. The molecule has 31 heavy (non-hydrogen) atoms. The topological polar surface area (TPSA) is 77.5 Å². The van der Waals surface area contributed by atoms with Crippen LogP contribution in [0.4, 0.5) is 10.2 Å². The minimum absolute atomic E-state index is 0.0309. The van der Waals surface area contributed by atoms with E-state index in [1.54, 1.807) is 16.8 Å². The van der Waals surface area contributed by atoms with Crippen LogP contribution in [0.3, 0.4) is 0 Å². The zero-order valence-electron chi connectivity index (χ0n) is 17.6. The van der Waals surface area contributed by atoms with Gasteiger partial charge in [-0.2, -0.15) is 0 Å². The number of fused-ring (bicyclic) bond motifs is 1. The fourth-order valence-electron chi connectivity index (χ4n) is 3.27. The Labute approximate surface area is 180 Å². The smallest absolute Gasteiger partial charge is 0.154 e. The van der Waals surface area contributed by atoms with Crippen molar-refractivity contribution >= 4 is 11.5 Å². The third kappa shape index (κ3) is 4.83. The van der Waals surface area contributed by atoms with Crippen LogP contribution in [0.15, 0.2) is 66.9 Å². The number of hydrogen-bond donors (Lipinski definition) is 2. The lowest BCUT2D eigenvalue weighted by Gasteiger charge is -2.15. The molecule has 0 radical (unpaired) electrons. The van der Waals surface area contributed by atoms with Crippen molar-refractivity contribution in [2.45, 2.75) is 32.4 Å². The predicted molar refractivity (Wildman–Crippen MR) is 121 cm³/mol. The van der Waals surface area contributed by atoms with Crippen LogP contribution in [0.1, 0.15) is 31.9 Å². The van der Waals surface area contributed by atoms with Crippen LogP contribution < -0.4 is 15.8 Å². The molecule has 0 bridgehead atoms. The highest BCUT2D eigenvalue weighted by molar-refractivity contribution is 5.64. The number of aromatic nitrogens is 3. The van der Waals surface area contributed by atoms with Crippen molar-refractivity contribution in [1.82, 2.24) is 14.6 Å². The number of anilines is 1. The van der Waals surface area contributed by atoms with Gasteiger partial charge in [0.15, 0.2) is 5.65 Å². The summed E-state index contributed by atoms with van der Waals surface area (Å²) in [7, 11) is 0. The van der Waals surface area contributed by atoms with E-state index < -0.39 is 0 Å². The lowest BCUT2D eigenvalue weighted by molar-refractivity contribution is 0.285. The molecule has 2 heterocycles. The van der Waals surface area contributed by atoms with E-state index in [9.17, 15) is 4.39 Å². The van der Waals surface area contributed by atoms with Crippen molar-refractivity contribution in [1.29, 1.82) is 0 Å². The van der Waals surface area contributed by atoms with E-state index in [1.807, 2.05) is 56.3 Å². The average Bonchev–Trinajstić information content (AvgIpc) is 3.21. The van der Waals surface area contributed by atoms with E-state index in [1.165, 1.54) is 12.1 Å². The molecule has 160 valence electrons. The summed E-state index contributed by atoms with van der Waals surface area (Å²) in [6, 6.07) is 18.1. The van der Waals surface area contributed by atoms with Gasteiger partial charge >= 0.3 is 0 Å². The molecule has 4 aromatic rings. The van der Waals surface area contributed by atoms with Crippen LogP contribution in [0, 0.1) is 5.82 Å². The molecule has 2 atom stereocenters. The molecule has 2 aromatic heterocycles. The Morgan fingerprint density at radius 2 is 1.94 bits per heavy atom. The maximum atomic E-state index is 13.5. The Morgan fingerprint density at radius 1 is 1.13 bits per heavy atom. The molecule has 2 aromatic carbocycles. The van der Waals surface area contributed by atoms with Crippen LogP contribution >= 0.6 is 0 Å². The molecule has 0 amide bonds. The number of rotatable bonds is 8. The number of imidazole rings is 1. The highest BCUT2D eigenvalue weighted by atomic mass is 19.1. The van der Waals surface area contributed by atoms with Gasteiger partial charge in [-0.15, -0.1) is 5.10 Å². The summed E-state index contributed by atoms with van der Waals surface area (Å²) in [6.07, 6.45) is 2.67. The molecule has 0 unspecified atom stereocenters. The zero-order valence-corrected chi connectivity index (χ0v) is 17.6. The summed E-state index contributed by atoms with van der Waals surface area (Å²) in [5.74, 6) is 1.20. The standard InChI is InChI=1S/C24H26FN5O/c1-3-20(26)15-31-21-9-7-17(8-10-21)22-14-27-24-12-11-23(29-30(22)24)28-16(2)18-5-4-6-19(25)13-18/h4-14,16,20H,3,15,26H2,1-2H3,(H,28,29)/t16-,20+/m1/s1. The largest absolute Gasteiger partial charge is 0.492 e. The minimum Gasteiger partial charge on any atom is -0.492 e. The van der Waals surface area contributed by atoms with Gasteiger partial charge in [0.2, 0.25) is 0 Å². The number of nitrogens with zero attached hydrogens (tertiary/aromatic N) is 3. The number of halogens is 1. The second-order valence-electron chi connectivity index (χ2n) is 7.56. The Kier molecular flexibility index (Phi) is 6.13. The number of ether oxygens (including phenoxy) is 1. The van der Waals surface area contributed by atoms with Gasteiger partial charge < -0.3 is 15.8 Å². The number of nitrogens with two attached hydrogens (primary N) is 1. The fourth-order valence-corrected chi connectivity index (χ4v) is 3.27. The third-order valence-corrected chi connectivity index (χ3v) is 5.21. The van der Waals surface area contributed by atoms with Gasteiger partial charge in [0.05, 0.1) is 17.9 Å². The van der Waals surface area contributed by atoms with Crippen LogP contribution in [0.25, 0.3) is 16.9 Å². The molecule has 0 saturated heterocycles. The Balaban J connectivity index is 1.54. The van der Waals surface area contributed by atoms with Crippen molar-refractivity contribution in [3.63, 3.8) is 0 Å². The zero-order chi connectivity index (χ0) is 21.8. The lowest BCUT2D eigenvalue weighted by Crippen LogP contribution is -2.26. The van der Waals surface area contributed by atoms with Gasteiger partial charge in [-0.1, -0.05) is 19.1 Å². The van der Waals surface area contributed by atoms with Gasteiger partial charge in [0, 0.05) is 11.6 Å². The number of benzene rings is 2. The van der Waals surface area contributed by atoms with Crippen LogP contribution in [-0.2, 0) is 0 Å². The van der Waals surface area contributed by atoms with Gasteiger partial charge in [-0.05, 0) is 67.4 Å². The second-order valence-corrected chi connectivity index (χ2v) is 7.56. The van der Waals surface area contributed by atoms with E-state index in [0.29, 0.717) is 12.4 Å². The van der Waals surface area contributed by atoms with Gasteiger partial charge in [0.1, 0.15) is 24.0 Å². The van der Waals surface area contributed by atoms with Gasteiger partial charge in [0.25, 0.3) is 0 Å². The molecule has 0 aliphatic rings. The van der Waals surface area contributed by atoms with Crippen molar-refractivity contribution in [2.24, 2.45) is 5.73 Å². The monoisotopic (exact) mass is 419 g/mol. The van der Waals surface area contributed by atoms with Crippen LogP contribution in [-0.4, -0.2) is 27.2 Å². The molecular weight excluding hydrogens is 393 g/mol. The SMILES string of the molecule is CC[C@H](N)COc1ccc(-c2cnc3ccc(N[C@H](C)c4cccc(F)c4)nn23)cc1. The normalized spacial score (nSPS) is 13.2. The molecule has 3 N–H and O–H groups in total. The molecule has 0 fully saturated rings. The van der Waals surface area contributed by atoms with E-state index >= 15 is 0 Å². The fraction of sp³-hybridized carbons (Fsp3) is 0.250. The summed E-state index contributed by atoms with van der Waals surface area (Å²) in [5, 5.41) is 8.02. The maximum absolute atomic E-state index is 13.5. The van der Waals surface area contributed by atoms with E-state index in [0.717, 1.165) is 34.6 Å². The molecule has 7 heteroatoms. The Hall–Kier alpha value is -3.45. The first-order chi connectivity index (χ1) is 15.0. The highest BCUT2D eigenvalue weighted by Crippen LogP contribution is 2.25. The van der Waals surface area contributed by atoms with Gasteiger partial charge in [-0.25, -0.2) is 13.9 Å². The van der Waals surface area contributed by atoms with Gasteiger partial charge in [-0.3, -0.25) is 0 Å². The summed E-state index contributed by atoms with van der Waals surface area (Å²) in [4.78, 5) is 4.45. The average molecular weight is 420 g/mol. The summed E-state index contributed by atoms with van der Waals surface area (Å²) in [5.41, 5.74) is 9.35. The predicted octanol–water partition coefficient (Wildman–Crippen LogP) is 4.82. The van der Waals surface area contributed by atoms with Crippen molar-refractivity contribution in [2.75, 3.05) is 11.9 Å². The first-order valence-corrected chi connectivity index (χ1v) is 10.4. The summed E-state index contributed by atoms with van der Waals surface area (Å²) in [6.45, 7) is 4.50. The molecule has 0 aliphatic heterocycles. The van der Waals surface area contributed by atoms with Crippen LogP contribution in [0.2, 0.25) is 0 Å². The molecule has 4 rings (SSSR count). The van der Waals surface area contributed by atoms with Crippen molar-refractivity contribution < 1.29 is 9.13 Å². The van der Waals surface area contributed by atoms with E-state index in [4.69, 9.17) is 15.6 Å². The van der Waals surface area contributed by atoms with Crippen molar-refractivity contribution in [3.05, 3.63) is 78.2 Å². The van der Waals surface area contributed by atoms with Crippen LogP contribution in [0.5, 0.6) is 5.75 Å². The molecule has 0 saturated carbocycles. The molecule has 6 nitrogen and oxygen atoms in total. The number of hydrogen-bond acceptors (Lipinski definition) is 5. The Morgan fingerprint density at radius 3 is 2.68 bits per heavy atom.